The summed E-state index contributed by atoms with van der Waals surface area (Å²) in [5.41, 5.74) is 6.92. The second-order valence-corrected chi connectivity index (χ2v) is 4.58. The number of H-pyrrole nitrogens is 1. The van der Waals surface area contributed by atoms with Crippen LogP contribution in [0.4, 0.5) is 10.2 Å². The van der Waals surface area contributed by atoms with Gasteiger partial charge in [-0.3, -0.25) is 9.67 Å². The van der Waals surface area contributed by atoms with Crippen molar-refractivity contribution in [2.24, 2.45) is 0 Å². The molecular weight excluding hydrogens is 275 g/mol. The van der Waals surface area contributed by atoms with Crippen LogP contribution in [0.5, 0.6) is 5.75 Å². The standard InChI is InChI=1S/C13H9FN6O/c14-7-4-8-6(3-9(7)21)1-2-20(8)13-10-11(15)16-5-17-12(10)18-19-13/h1-5,21H,(H3,15,16,17,18,19). The molecule has 21 heavy (non-hydrogen) atoms. The molecule has 1 aromatic carbocycles. The number of aromatic hydroxyl groups is 1. The number of benzene rings is 1. The van der Waals surface area contributed by atoms with Gasteiger partial charge in [0.2, 0.25) is 0 Å². The van der Waals surface area contributed by atoms with Gasteiger partial charge in [0.15, 0.2) is 23.0 Å². The number of rotatable bonds is 1. The number of nitrogens with one attached hydrogen (secondary N) is 1. The highest BCUT2D eigenvalue weighted by Crippen LogP contribution is 2.29. The lowest BCUT2D eigenvalue weighted by Crippen LogP contribution is -1.97. The van der Waals surface area contributed by atoms with Crippen molar-refractivity contribution in [1.29, 1.82) is 0 Å². The van der Waals surface area contributed by atoms with Gasteiger partial charge in [-0.1, -0.05) is 0 Å². The van der Waals surface area contributed by atoms with Gasteiger partial charge in [-0.2, -0.15) is 5.10 Å². The number of nitrogens with two attached hydrogens (primary N) is 1. The van der Waals surface area contributed by atoms with Gasteiger partial charge in [-0.25, -0.2) is 14.4 Å². The van der Waals surface area contributed by atoms with E-state index in [1.807, 2.05) is 0 Å². The molecule has 0 radical (unpaired) electrons. The van der Waals surface area contributed by atoms with E-state index in [1.165, 1.54) is 18.5 Å². The minimum Gasteiger partial charge on any atom is -0.505 e. The van der Waals surface area contributed by atoms with E-state index in [9.17, 15) is 9.50 Å². The van der Waals surface area contributed by atoms with Gasteiger partial charge in [-0.05, 0) is 12.1 Å². The maximum Gasteiger partial charge on any atom is 0.172 e. The zero-order valence-corrected chi connectivity index (χ0v) is 10.6. The van der Waals surface area contributed by atoms with Crippen molar-refractivity contribution >= 4 is 27.8 Å². The van der Waals surface area contributed by atoms with E-state index in [-0.39, 0.29) is 5.82 Å². The highest BCUT2D eigenvalue weighted by molar-refractivity contribution is 5.94. The zero-order chi connectivity index (χ0) is 14.6. The quantitative estimate of drug-likeness (QED) is 0.493. The first-order chi connectivity index (χ1) is 10.1. The first-order valence-electron chi connectivity index (χ1n) is 6.09. The van der Waals surface area contributed by atoms with Crippen LogP contribution >= 0.6 is 0 Å². The molecule has 8 heteroatoms. The number of fused-ring (bicyclic) bond motifs is 2. The molecule has 3 heterocycles. The lowest BCUT2D eigenvalue weighted by atomic mass is 10.2. The zero-order valence-electron chi connectivity index (χ0n) is 10.6. The van der Waals surface area contributed by atoms with E-state index in [0.29, 0.717) is 27.8 Å². The summed E-state index contributed by atoms with van der Waals surface area (Å²) in [5, 5.41) is 17.6. The van der Waals surface area contributed by atoms with Crippen LogP contribution in [-0.2, 0) is 0 Å². The number of halogens is 1. The Morgan fingerprint density at radius 3 is 3.00 bits per heavy atom. The molecule has 0 spiro atoms. The van der Waals surface area contributed by atoms with Crippen LogP contribution in [0.2, 0.25) is 0 Å². The van der Waals surface area contributed by atoms with Gasteiger partial charge >= 0.3 is 0 Å². The number of nitrogen functional groups attached to an aromatic ring is 1. The summed E-state index contributed by atoms with van der Waals surface area (Å²) in [6.45, 7) is 0. The number of hydrogen-bond acceptors (Lipinski definition) is 5. The molecule has 4 N–H and O–H groups in total. The van der Waals surface area contributed by atoms with Gasteiger partial charge < -0.3 is 10.8 Å². The number of nitrogens with zero attached hydrogens (tertiary/aromatic N) is 4. The number of phenols is 1. The van der Waals surface area contributed by atoms with Crippen LogP contribution in [0.3, 0.4) is 0 Å². The normalized spacial score (nSPS) is 11.5. The number of hydrogen-bond donors (Lipinski definition) is 3. The molecule has 104 valence electrons. The molecule has 0 aliphatic carbocycles. The Labute approximate surface area is 116 Å². The second kappa shape index (κ2) is 3.92. The fraction of sp³-hybridized carbons (Fsp3) is 0. The van der Waals surface area contributed by atoms with Crippen LogP contribution in [0, 0.1) is 5.82 Å². The van der Waals surface area contributed by atoms with Crippen LogP contribution < -0.4 is 5.73 Å². The lowest BCUT2D eigenvalue weighted by Gasteiger charge is -2.04. The molecule has 4 rings (SSSR count). The molecule has 0 saturated heterocycles. The SMILES string of the molecule is Nc1ncnc2[nH]nc(-n3ccc4cc(O)c(F)cc43)c12. The summed E-state index contributed by atoms with van der Waals surface area (Å²) in [4.78, 5) is 7.99. The predicted molar refractivity (Wildman–Crippen MR) is 74.6 cm³/mol. The van der Waals surface area contributed by atoms with Gasteiger partial charge in [0, 0.05) is 17.6 Å². The average Bonchev–Trinajstić information content (AvgIpc) is 3.04. The van der Waals surface area contributed by atoms with E-state index in [0.717, 1.165) is 0 Å². The molecule has 4 aromatic rings. The number of aromatic amines is 1. The van der Waals surface area contributed by atoms with E-state index in [4.69, 9.17) is 5.73 Å². The van der Waals surface area contributed by atoms with Crippen molar-refractivity contribution in [3.05, 3.63) is 36.5 Å². The van der Waals surface area contributed by atoms with E-state index < -0.39 is 11.6 Å². The molecule has 0 amide bonds. The van der Waals surface area contributed by atoms with Crippen molar-refractivity contribution in [3.8, 4) is 11.6 Å². The first-order valence-corrected chi connectivity index (χ1v) is 6.09. The van der Waals surface area contributed by atoms with Gasteiger partial charge in [0.1, 0.15) is 17.5 Å². The van der Waals surface area contributed by atoms with Crippen LogP contribution in [0.15, 0.2) is 30.7 Å². The van der Waals surface area contributed by atoms with E-state index >= 15 is 0 Å². The molecule has 0 atom stereocenters. The molecule has 7 nitrogen and oxygen atoms in total. The van der Waals surface area contributed by atoms with Crippen molar-refractivity contribution in [2.75, 3.05) is 5.73 Å². The summed E-state index contributed by atoms with van der Waals surface area (Å²) in [7, 11) is 0. The van der Waals surface area contributed by atoms with E-state index in [2.05, 4.69) is 20.2 Å². The summed E-state index contributed by atoms with van der Waals surface area (Å²) in [6.07, 6.45) is 3.05. The minimum absolute atomic E-state index is 0.282. The predicted octanol–water partition coefficient (Wildman–Crippen LogP) is 1.72. The Hall–Kier alpha value is -3.16. The molecule has 3 aromatic heterocycles. The number of anilines is 1. The molecule has 0 fully saturated rings. The largest absolute Gasteiger partial charge is 0.505 e. The summed E-state index contributed by atoms with van der Waals surface area (Å²) < 4.78 is 15.3. The van der Waals surface area contributed by atoms with Crippen LogP contribution in [-0.4, -0.2) is 29.8 Å². The fourth-order valence-corrected chi connectivity index (χ4v) is 2.37. The first kappa shape index (κ1) is 11.6. The summed E-state index contributed by atoms with van der Waals surface area (Å²) in [6, 6.07) is 4.34. The molecule has 0 saturated carbocycles. The van der Waals surface area contributed by atoms with E-state index in [1.54, 1.807) is 16.8 Å². The van der Waals surface area contributed by atoms with Gasteiger partial charge in [0.05, 0.1) is 5.52 Å². The minimum atomic E-state index is -0.702. The highest BCUT2D eigenvalue weighted by Gasteiger charge is 2.15. The Kier molecular flexibility index (Phi) is 2.17. The Morgan fingerprint density at radius 1 is 1.29 bits per heavy atom. The van der Waals surface area contributed by atoms with Crippen molar-refractivity contribution in [2.45, 2.75) is 0 Å². The summed E-state index contributed by atoms with van der Waals surface area (Å²) in [5.74, 6) is -0.338. The monoisotopic (exact) mass is 284 g/mol. The third-order valence-corrected chi connectivity index (χ3v) is 3.35. The average molecular weight is 284 g/mol. The molecule has 0 unspecified atom stereocenters. The Morgan fingerprint density at radius 2 is 2.14 bits per heavy atom. The summed E-state index contributed by atoms with van der Waals surface area (Å²) >= 11 is 0. The third-order valence-electron chi connectivity index (χ3n) is 3.35. The maximum atomic E-state index is 13.6. The fourth-order valence-electron chi connectivity index (χ4n) is 2.37. The number of phenolic OH excluding ortho intramolecular Hbond substituents is 1. The number of aromatic nitrogens is 5. The lowest BCUT2D eigenvalue weighted by molar-refractivity contribution is 0.433. The van der Waals surface area contributed by atoms with Crippen LogP contribution in [0.25, 0.3) is 27.8 Å². The Balaban J connectivity index is 2.07. The van der Waals surface area contributed by atoms with Crippen molar-refractivity contribution < 1.29 is 9.50 Å². The molecular formula is C13H9FN6O. The highest BCUT2D eigenvalue weighted by atomic mass is 19.1. The maximum absolute atomic E-state index is 13.6. The molecule has 0 aliphatic heterocycles. The van der Waals surface area contributed by atoms with Gasteiger partial charge in [0.25, 0.3) is 0 Å². The third kappa shape index (κ3) is 1.55. The second-order valence-electron chi connectivity index (χ2n) is 4.58. The van der Waals surface area contributed by atoms with Gasteiger partial charge in [-0.15, -0.1) is 0 Å². The smallest absolute Gasteiger partial charge is 0.172 e. The molecule has 0 aliphatic rings. The topological polar surface area (TPSA) is 106 Å². The Bertz CT molecular complexity index is 989. The molecule has 0 bridgehead atoms. The van der Waals surface area contributed by atoms with Crippen molar-refractivity contribution in [3.63, 3.8) is 0 Å². The van der Waals surface area contributed by atoms with Crippen LogP contribution in [0.1, 0.15) is 0 Å². The van der Waals surface area contributed by atoms with Crippen molar-refractivity contribution in [1.82, 2.24) is 24.7 Å².